The van der Waals surface area contributed by atoms with Crippen molar-refractivity contribution in [3.63, 3.8) is 0 Å². The first-order valence-electron chi connectivity index (χ1n) is 12.2. The first-order valence-corrected chi connectivity index (χ1v) is 13.6. The van der Waals surface area contributed by atoms with E-state index in [0.717, 1.165) is 44.3 Å². The van der Waals surface area contributed by atoms with Gasteiger partial charge in [0, 0.05) is 31.7 Å². The Kier molecular flexibility index (Phi) is 8.20. The molecule has 2 fully saturated rings. The summed E-state index contributed by atoms with van der Waals surface area (Å²) in [6, 6.07) is 11.8. The number of rotatable bonds is 8. The van der Waals surface area contributed by atoms with E-state index in [2.05, 4.69) is 4.90 Å². The maximum atomic E-state index is 13.2. The lowest BCUT2D eigenvalue weighted by atomic mass is 10.1. The molecule has 9 heteroatoms. The van der Waals surface area contributed by atoms with Crippen LogP contribution in [-0.4, -0.2) is 70.5 Å². The summed E-state index contributed by atoms with van der Waals surface area (Å²) in [5.74, 6) is -1.01. The van der Waals surface area contributed by atoms with Crippen LogP contribution in [0.2, 0.25) is 0 Å². The molecule has 0 N–H and O–H groups in total. The lowest BCUT2D eigenvalue weighted by Gasteiger charge is -2.31. The summed E-state index contributed by atoms with van der Waals surface area (Å²) >= 11 is 0. The largest absolute Gasteiger partial charge is 0.454 e. The van der Waals surface area contributed by atoms with E-state index in [1.165, 1.54) is 10.4 Å². The van der Waals surface area contributed by atoms with Gasteiger partial charge >= 0.3 is 5.97 Å². The van der Waals surface area contributed by atoms with Crippen LogP contribution in [0.25, 0.3) is 0 Å². The van der Waals surface area contributed by atoms with E-state index in [9.17, 15) is 18.0 Å². The molecular formula is C26H32N2O6S. The van der Waals surface area contributed by atoms with Gasteiger partial charge in [0.25, 0.3) is 0 Å². The fourth-order valence-electron chi connectivity index (χ4n) is 4.40. The summed E-state index contributed by atoms with van der Waals surface area (Å²) in [5.41, 5.74) is 2.38. The van der Waals surface area contributed by atoms with Crippen LogP contribution in [-0.2, 0) is 25.9 Å². The topological polar surface area (TPSA) is 93.2 Å². The number of ether oxygens (including phenoxy) is 2. The van der Waals surface area contributed by atoms with E-state index in [1.807, 2.05) is 19.1 Å². The molecule has 0 atom stereocenters. The highest BCUT2D eigenvalue weighted by Crippen LogP contribution is 2.29. The normalized spacial score (nSPS) is 17.2. The maximum absolute atomic E-state index is 13.2. The number of aryl methyl sites for hydroxylation is 1. The van der Waals surface area contributed by atoms with Crippen LogP contribution in [0.1, 0.15) is 52.5 Å². The maximum Gasteiger partial charge on any atom is 0.340 e. The number of benzene rings is 2. The molecule has 35 heavy (non-hydrogen) atoms. The van der Waals surface area contributed by atoms with Gasteiger partial charge in [-0.2, -0.15) is 4.31 Å². The Labute approximate surface area is 206 Å². The lowest BCUT2D eigenvalue weighted by molar-refractivity contribution is 0.0475. The predicted octanol–water partition coefficient (Wildman–Crippen LogP) is 3.30. The third kappa shape index (κ3) is 5.91. The molecule has 0 radical (unpaired) electrons. The Morgan fingerprint density at radius 3 is 2.29 bits per heavy atom. The number of hydrogen-bond acceptors (Lipinski definition) is 7. The third-order valence-corrected chi connectivity index (χ3v) is 8.41. The number of morpholine rings is 1. The summed E-state index contributed by atoms with van der Waals surface area (Å²) < 4.78 is 38.5. The second kappa shape index (κ2) is 11.3. The Morgan fingerprint density at radius 2 is 1.63 bits per heavy atom. The van der Waals surface area contributed by atoms with Gasteiger partial charge in [0.05, 0.1) is 29.4 Å². The Hall–Kier alpha value is -2.75. The number of ketones is 1. The van der Waals surface area contributed by atoms with Crippen LogP contribution in [0.5, 0.6) is 0 Å². The Bertz CT molecular complexity index is 1150. The lowest BCUT2D eigenvalue weighted by Crippen LogP contribution is -2.40. The molecule has 2 aromatic rings. The van der Waals surface area contributed by atoms with Crippen LogP contribution in [0.3, 0.4) is 0 Å². The highest BCUT2D eigenvalue weighted by molar-refractivity contribution is 7.89. The SMILES string of the molecule is CCc1ccc(C(=O)COC(=O)c2cc(S(=O)(=O)N3CCOCC3)ccc2N2CCCCC2)cc1. The van der Waals surface area contributed by atoms with E-state index < -0.39 is 22.6 Å². The van der Waals surface area contributed by atoms with Gasteiger partial charge in [0.1, 0.15) is 0 Å². The highest BCUT2D eigenvalue weighted by atomic mass is 32.2. The van der Waals surface area contributed by atoms with E-state index in [-0.39, 0.29) is 29.3 Å². The van der Waals surface area contributed by atoms with Crippen molar-refractivity contribution in [2.24, 2.45) is 0 Å². The molecule has 0 aliphatic carbocycles. The molecule has 2 heterocycles. The predicted molar refractivity (Wildman–Crippen MR) is 133 cm³/mol. The molecule has 0 aromatic heterocycles. The minimum absolute atomic E-state index is 0.0357. The van der Waals surface area contributed by atoms with Crippen LogP contribution in [0.15, 0.2) is 47.4 Å². The molecule has 0 unspecified atom stereocenters. The van der Waals surface area contributed by atoms with Crippen molar-refractivity contribution in [1.29, 1.82) is 0 Å². The first-order chi connectivity index (χ1) is 16.9. The number of Topliss-reactive ketones (excluding diaryl/α,β-unsaturated/α-hetero) is 1. The molecule has 8 nitrogen and oxygen atoms in total. The zero-order valence-corrected chi connectivity index (χ0v) is 20.9. The molecule has 2 aliphatic rings. The number of esters is 1. The molecular weight excluding hydrogens is 468 g/mol. The molecule has 0 bridgehead atoms. The zero-order valence-electron chi connectivity index (χ0n) is 20.1. The molecule has 2 aromatic carbocycles. The smallest absolute Gasteiger partial charge is 0.340 e. The molecule has 2 saturated heterocycles. The van der Waals surface area contributed by atoms with Crippen molar-refractivity contribution < 1.29 is 27.5 Å². The summed E-state index contributed by atoms with van der Waals surface area (Å²) in [6.45, 7) is 4.37. The molecule has 0 saturated carbocycles. The average Bonchev–Trinajstić information content (AvgIpc) is 2.92. The van der Waals surface area contributed by atoms with Gasteiger partial charge in [0.15, 0.2) is 12.4 Å². The number of anilines is 1. The molecule has 2 aliphatic heterocycles. The third-order valence-electron chi connectivity index (χ3n) is 6.51. The van der Waals surface area contributed by atoms with Crippen molar-refractivity contribution in [3.05, 3.63) is 59.2 Å². The van der Waals surface area contributed by atoms with E-state index in [0.29, 0.717) is 24.5 Å². The van der Waals surface area contributed by atoms with Crippen LogP contribution < -0.4 is 4.90 Å². The van der Waals surface area contributed by atoms with Gasteiger partial charge < -0.3 is 14.4 Å². The summed E-state index contributed by atoms with van der Waals surface area (Å²) in [5, 5.41) is 0. The number of carbonyl (C=O) groups is 2. The zero-order chi connectivity index (χ0) is 24.8. The van der Waals surface area contributed by atoms with Gasteiger partial charge in [0.2, 0.25) is 10.0 Å². The summed E-state index contributed by atoms with van der Waals surface area (Å²) in [7, 11) is -3.79. The fourth-order valence-corrected chi connectivity index (χ4v) is 5.84. The monoisotopic (exact) mass is 500 g/mol. The van der Waals surface area contributed by atoms with Crippen molar-refractivity contribution in [1.82, 2.24) is 4.31 Å². The molecule has 0 spiro atoms. The quantitative estimate of drug-likeness (QED) is 0.406. The Morgan fingerprint density at radius 1 is 0.943 bits per heavy atom. The molecule has 188 valence electrons. The molecule has 0 amide bonds. The van der Waals surface area contributed by atoms with Gasteiger partial charge in [-0.05, 0) is 49.4 Å². The fraction of sp³-hybridized carbons (Fsp3) is 0.462. The van der Waals surface area contributed by atoms with Crippen molar-refractivity contribution in [2.75, 3.05) is 50.9 Å². The minimum atomic E-state index is -3.79. The van der Waals surface area contributed by atoms with E-state index >= 15 is 0 Å². The highest BCUT2D eigenvalue weighted by Gasteiger charge is 2.29. The van der Waals surface area contributed by atoms with Crippen LogP contribution in [0.4, 0.5) is 5.69 Å². The van der Waals surface area contributed by atoms with Crippen molar-refractivity contribution in [2.45, 2.75) is 37.5 Å². The van der Waals surface area contributed by atoms with Gasteiger partial charge in [-0.1, -0.05) is 31.2 Å². The summed E-state index contributed by atoms with van der Waals surface area (Å²) in [6.07, 6.45) is 3.97. The van der Waals surface area contributed by atoms with E-state index in [4.69, 9.17) is 9.47 Å². The van der Waals surface area contributed by atoms with Crippen LogP contribution >= 0.6 is 0 Å². The Balaban J connectivity index is 1.57. The van der Waals surface area contributed by atoms with Gasteiger partial charge in [-0.15, -0.1) is 0 Å². The molecule has 4 rings (SSSR count). The van der Waals surface area contributed by atoms with Gasteiger partial charge in [-0.3, -0.25) is 4.79 Å². The second-order valence-electron chi connectivity index (χ2n) is 8.79. The number of nitrogens with zero attached hydrogens (tertiary/aromatic N) is 2. The standard InChI is InChI=1S/C26H32N2O6S/c1-2-20-6-8-21(9-7-20)25(29)19-34-26(30)23-18-22(35(31,32)28-14-16-33-17-15-28)10-11-24(23)27-12-4-3-5-13-27/h6-11,18H,2-5,12-17,19H2,1H3. The second-order valence-corrected chi connectivity index (χ2v) is 10.7. The van der Waals surface area contributed by atoms with E-state index in [1.54, 1.807) is 24.3 Å². The minimum Gasteiger partial charge on any atom is -0.454 e. The number of hydrogen-bond donors (Lipinski definition) is 0. The number of carbonyl (C=O) groups excluding carboxylic acids is 2. The van der Waals surface area contributed by atoms with Crippen molar-refractivity contribution >= 4 is 27.5 Å². The number of sulfonamides is 1. The average molecular weight is 501 g/mol. The van der Waals surface area contributed by atoms with Crippen LogP contribution in [0, 0.1) is 0 Å². The number of piperidine rings is 1. The van der Waals surface area contributed by atoms with Crippen molar-refractivity contribution in [3.8, 4) is 0 Å². The summed E-state index contributed by atoms with van der Waals surface area (Å²) in [4.78, 5) is 27.9. The van der Waals surface area contributed by atoms with Gasteiger partial charge in [-0.25, -0.2) is 13.2 Å². The first kappa shape index (κ1) is 25.3.